The van der Waals surface area contributed by atoms with Crippen molar-refractivity contribution in [2.75, 3.05) is 10.6 Å². The zero-order valence-electron chi connectivity index (χ0n) is 21.8. The quantitative estimate of drug-likeness (QED) is 0.280. The van der Waals surface area contributed by atoms with Gasteiger partial charge in [-0.3, -0.25) is 9.59 Å². The van der Waals surface area contributed by atoms with Gasteiger partial charge in [0.05, 0.1) is 5.97 Å². The van der Waals surface area contributed by atoms with Crippen molar-refractivity contribution in [1.82, 2.24) is 0 Å². The molecule has 2 atom stereocenters. The Labute approximate surface area is 269 Å². The van der Waals surface area contributed by atoms with Gasteiger partial charge in [-0.2, -0.15) is 0 Å². The van der Waals surface area contributed by atoms with Crippen LogP contribution in [-0.4, -0.2) is 23.8 Å². The summed E-state index contributed by atoms with van der Waals surface area (Å²) in [5.41, 5.74) is 0.766. The number of anilines is 2. The van der Waals surface area contributed by atoms with Gasteiger partial charge in [0.1, 0.15) is 11.5 Å². The van der Waals surface area contributed by atoms with Crippen LogP contribution < -0.4 is 84.7 Å². The minimum Gasteiger partial charge on any atom is -0.550 e. The number of aliphatic carboxylic acids is 1. The van der Waals surface area contributed by atoms with Gasteiger partial charge in [-0.15, -0.1) is 0 Å². The van der Waals surface area contributed by atoms with Gasteiger partial charge in [-0.25, -0.2) is 0 Å². The van der Waals surface area contributed by atoms with E-state index in [1.165, 1.54) is 18.2 Å². The van der Waals surface area contributed by atoms with E-state index in [2.05, 4.69) is 10.6 Å². The summed E-state index contributed by atoms with van der Waals surface area (Å²) < 4.78 is 5.80. The first-order valence-electron chi connectivity index (χ1n) is 11.8. The Balaban J connectivity index is 0.00000267. The van der Waals surface area contributed by atoms with E-state index in [9.17, 15) is 29.4 Å². The number of hydrogen-bond acceptors (Lipinski definition) is 7. The zero-order chi connectivity index (χ0) is 26.4. The number of benzene rings is 3. The monoisotopic (exact) mass is 546 g/mol. The number of carbonyl (C=O) groups is 4. The normalized spacial score (nSPS) is 16.0. The average molecular weight is 546 g/mol. The number of rotatable bonds is 8. The fourth-order valence-electron chi connectivity index (χ4n) is 4.37. The van der Waals surface area contributed by atoms with E-state index in [1.807, 2.05) is 0 Å². The molecule has 0 bridgehead atoms. The maximum atomic E-state index is 12.6. The summed E-state index contributed by atoms with van der Waals surface area (Å²) in [5.74, 6) is -3.91. The first-order valence-corrected chi connectivity index (χ1v) is 11.8. The van der Waals surface area contributed by atoms with Crippen LogP contribution in [0.15, 0.2) is 72.8 Å². The Morgan fingerprint density at radius 1 is 0.667 bits per heavy atom. The first-order chi connectivity index (χ1) is 17.8. The van der Waals surface area contributed by atoms with Crippen LogP contribution in [0.4, 0.5) is 11.4 Å². The van der Waals surface area contributed by atoms with Crippen molar-refractivity contribution in [2.24, 2.45) is 11.8 Å². The fourth-order valence-corrected chi connectivity index (χ4v) is 4.37. The Kier molecular flexibility index (Phi) is 12.7. The van der Waals surface area contributed by atoms with Crippen LogP contribution in [0.2, 0.25) is 0 Å². The Bertz CT molecular complexity index is 1310. The molecule has 1 saturated carbocycles. The molecule has 2 amide bonds. The Hall–Kier alpha value is -2.66. The minimum absolute atomic E-state index is 0. The smallest absolute Gasteiger partial charge is 0.550 e. The maximum absolute atomic E-state index is 12.6. The zero-order valence-corrected chi connectivity index (χ0v) is 25.8. The summed E-state index contributed by atoms with van der Waals surface area (Å²) in [5, 5.41) is 28.0. The molecule has 39 heavy (non-hydrogen) atoms. The number of hydrogen-bond donors (Lipinski definition) is 2. The molecule has 1 fully saturated rings. The third-order valence-corrected chi connectivity index (χ3v) is 6.27. The molecule has 1 aliphatic carbocycles. The van der Waals surface area contributed by atoms with Crippen molar-refractivity contribution < 1.29 is 93.2 Å². The van der Waals surface area contributed by atoms with Crippen LogP contribution in [0.25, 0.3) is 0 Å². The Morgan fingerprint density at radius 3 is 1.67 bits per heavy atom. The van der Waals surface area contributed by atoms with Gasteiger partial charge < -0.3 is 35.2 Å². The molecular formula is C28H24N2Na2O7. The summed E-state index contributed by atoms with van der Waals surface area (Å²) in [7, 11) is 0. The van der Waals surface area contributed by atoms with Crippen molar-refractivity contribution in [2.45, 2.75) is 25.7 Å². The van der Waals surface area contributed by atoms with Crippen LogP contribution in [0.5, 0.6) is 11.5 Å². The average Bonchev–Trinajstić information content (AvgIpc) is 2.90. The third-order valence-electron chi connectivity index (χ3n) is 6.27. The molecule has 2 unspecified atom stereocenters. The van der Waals surface area contributed by atoms with Crippen LogP contribution in [0.1, 0.15) is 46.4 Å². The SMILES string of the molecule is O=C([O-])c1ccccc1C(=O)Nc1ccc(Oc2ccc(NC(=O)C3CCCCC3C(=O)[O-])cc2)cc1.[Na+].[Na+]. The summed E-state index contributed by atoms with van der Waals surface area (Å²) in [6.45, 7) is 0. The van der Waals surface area contributed by atoms with E-state index in [0.29, 0.717) is 35.7 Å². The predicted octanol–water partition coefficient (Wildman–Crippen LogP) is -3.40. The molecule has 0 heterocycles. The topological polar surface area (TPSA) is 148 Å². The van der Waals surface area contributed by atoms with Crippen molar-refractivity contribution in [3.8, 4) is 11.5 Å². The van der Waals surface area contributed by atoms with Gasteiger partial charge in [0, 0.05) is 40.3 Å². The van der Waals surface area contributed by atoms with E-state index >= 15 is 0 Å². The molecule has 0 spiro atoms. The van der Waals surface area contributed by atoms with Crippen molar-refractivity contribution >= 4 is 35.1 Å². The van der Waals surface area contributed by atoms with Crippen LogP contribution in [0.3, 0.4) is 0 Å². The van der Waals surface area contributed by atoms with Crippen LogP contribution >= 0.6 is 0 Å². The molecule has 190 valence electrons. The summed E-state index contributed by atoms with van der Waals surface area (Å²) in [6.07, 6.45) is 2.55. The number of ether oxygens (including phenoxy) is 1. The van der Waals surface area contributed by atoms with E-state index in [4.69, 9.17) is 4.74 Å². The third kappa shape index (κ3) is 8.66. The largest absolute Gasteiger partial charge is 1.00 e. The molecule has 0 aliphatic heterocycles. The molecule has 0 radical (unpaired) electrons. The van der Waals surface area contributed by atoms with Gasteiger partial charge >= 0.3 is 59.1 Å². The second-order valence-corrected chi connectivity index (χ2v) is 8.74. The number of carboxylic acids is 2. The number of carbonyl (C=O) groups excluding carboxylic acids is 4. The molecule has 0 aromatic heterocycles. The Morgan fingerprint density at radius 2 is 1.15 bits per heavy atom. The van der Waals surface area contributed by atoms with Gasteiger partial charge in [-0.05, 0) is 67.4 Å². The minimum atomic E-state index is -1.43. The van der Waals surface area contributed by atoms with Crippen LogP contribution in [-0.2, 0) is 9.59 Å². The van der Waals surface area contributed by atoms with E-state index in [1.54, 1.807) is 54.6 Å². The van der Waals surface area contributed by atoms with Crippen LogP contribution in [0, 0.1) is 11.8 Å². The first kappa shape index (κ1) is 32.6. The van der Waals surface area contributed by atoms with Gasteiger partial charge in [0.15, 0.2) is 0 Å². The molecular weight excluding hydrogens is 522 g/mol. The van der Waals surface area contributed by atoms with E-state index < -0.39 is 29.7 Å². The predicted molar refractivity (Wildman–Crippen MR) is 131 cm³/mol. The van der Waals surface area contributed by atoms with E-state index in [-0.39, 0.29) is 76.1 Å². The summed E-state index contributed by atoms with van der Waals surface area (Å²) in [4.78, 5) is 47.7. The van der Waals surface area contributed by atoms with Gasteiger partial charge in [0.25, 0.3) is 5.91 Å². The second-order valence-electron chi connectivity index (χ2n) is 8.74. The summed E-state index contributed by atoms with van der Waals surface area (Å²) >= 11 is 0. The molecule has 3 aromatic carbocycles. The number of amides is 2. The fraction of sp³-hybridized carbons (Fsp3) is 0.214. The standard InChI is InChI=1S/C28H26N2O7.2Na/c31-25(21-5-1-3-7-23(21)27(33)34)29-17-9-13-19(14-10-17)37-20-15-11-18(12-16-20)30-26(32)22-6-2-4-8-24(22)28(35)36;;/h1,3,5,7,9-16,22,24H,2,4,6,8H2,(H,29,31)(H,30,32)(H,33,34)(H,35,36);;/q;2*+1/p-2. The molecule has 11 heteroatoms. The molecule has 2 N–H and O–H groups in total. The molecule has 9 nitrogen and oxygen atoms in total. The second kappa shape index (κ2) is 15.2. The van der Waals surface area contributed by atoms with E-state index in [0.717, 1.165) is 12.8 Å². The molecule has 0 saturated heterocycles. The van der Waals surface area contributed by atoms with Gasteiger partial charge in [0.2, 0.25) is 5.91 Å². The van der Waals surface area contributed by atoms with Crippen molar-refractivity contribution in [3.05, 3.63) is 83.9 Å². The maximum Gasteiger partial charge on any atom is 1.00 e. The number of carboxylic acid groups (broad SMARTS) is 2. The van der Waals surface area contributed by atoms with Crippen molar-refractivity contribution in [1.29, 1.82) is 0 Å². The summed E-state index contributed by atoms with van der Waals surface area (Å²) in [6, 6.07) is 18.9. The van der Waals surface area contributed by atoms with Crippen molar-refractivity contribution in [3.63, 3.8) is 0 Å². The number of aromatic carboxylic acids is 1. The molecule has 4 rings (SSSR count). The molecule has 1 aliphatic rings. The number of nitrogens with one attached hydrogen (secondary N) is 2. The molecule has 3 aromatic rings. The van der Waals surface area contributed by atoms with Gasteiger partial charge in [-0.1, -0.05) is 31.0 Å².